The van der Waals surface area contributed by atoms with Crippen molar-refractivity contribution in [1.82, 2.24) is 0 Å². The molecular weight excluding hydrogens is 198 g/mol. The van der Waals surface area contributed by atoms with E-state index in [-0.39, 0.29) is 0 Å². The summed E-state index contributed by atoms with van der Waals surface area (Å²) in [7, 11) is -3.54. The van der Waals surface area contributed by atoms with Crippen LogP contribution in [0.25, 0.3) is 5.57 Å². The molecule has 3 nitrogen and oxygen atoms in total. The van der Waals surface area contributed by atoms with Gasteiger partial charge in [0.2, 0.25) is 10.0 Å². The second-order valence-electron chi connectivity index (χ2n) is 3.26. The van der Waals surface area contributed by atoms with E-state index in [4.69, 9.17) is 5.14 Å². The zero-order chi connectivity index (χ0) is 10.8. The van der Waals surface area contributed by atoms with E-state index in [1.807, 2.05) is 31.2 Å². The van der Waals surface area contributed by atoms with E-state index in [9.17, 15) is 8.42 Å². The Morgan fingerprint density at radius 3 is 2.21 bits per heavy atom. The van der Waals surface area contributed by atoms with E-state index in [0.717, 1.165) is 16.5 Å². The minimum absolute atomic E-state index is 0.646. The highest BCUT2D eigenvalue weighted by atomic mass is 32.2. The van der Waals surface area contributed by atoms with Gasteiger partial charge in [-0.1, -0.05) is 29.8 Å². The molecule has 0 spiro atoms. The second kappa shape index (κ2) is 3.94. The Morgan fingerprint density at radius 1 is 1.29 bits per heavy atom. The van der Waals surface area contributed by atoms with Gasteiger partial charge in [-0.05, 0) is 25.0 Å². The Kier molecular flexibility index (Phi) is 3.08. The average Bonchev–Trinajstić information content (AvgIpc) is 2.02. The van der Waals surface area contributed by atoms with Crippen LogP contribution in [0.1, 0.15) is 18.1 Å². The standard InChI is InChI=1S/C10H13NO2S/c1-8-3-5-10(6-4-8)9(2)7-14(11,12)13/h3-7H,1-2H3,(H2,11,12,13). The monoisotopic (exact) mass is 211 g/mol. The summed E-state index contributed by atoms with van der Waals surface area (Å²) >= 11 is 0. The van der Waals surface area contributed by atoms with E-state index in [2.05, 4.69) is 0 Å². The molecule has 0 fully saturated rings. The van der Waals surface area contributed by atoms with Gasteiger partial charge in [-0.15, -0.1) is 0 Å². The molecule has 1 rings (SSSR count). The molecule has 0 atom stereocenters. The predicted octanol–water partition coefficient (Wildman–Crippen LogP) is 1.64. The Bertz CT molecular complexity index is 444. The zero-order valence-electron chi connectivity index (χ0n) is 8.19. The zero-order valence-corrected chi connectivity index (χ0v) is 9.01. The van der Waals surface area contributed by atoms with Crippen LogP contribution in [0.3, 0.4) is 0 Å². The number of allylic oxidation sites excluding steroid dienone is 1. The van der Waals surface area contributed by atoms with Crippen molar-refractivity contribution in [3.05, 3.63) is 40.8 Å². The number of aryl methyl sites for hydroxylation is 1. The summed E-state index contributed by atoms with van der Waals surface area (Å²) in [6.45, 7) is 3.69. The van der Waals surface area contributed by atoms with Gasteiger partial charge in [0.1, 0.15) is 0 Å². The maximum absolute atomic E-state index is 10.8. The fourth-order valence-electron chi connectivity index (χ4n) is 1.13. The van der Waals surface area contributed by atoms with Crippen LogP contribution in [0, 0.1) is 6.92 Å². The van der Waals surface area contributed by atoms with Gasteiger partial charge >= 0.3 is 0 Å². The van der Waals surface area contributed by atoms with Crippen LogP contribution in [0.15, 0.2) is 29.7 Å². The van der Waals surface area contributed by atoms with E-state index in [1.54, 1.807) is 6.92 Å². The molecule has 0 radical (unpaired) electrons. The summed E-state index contributed by atoms with van der Waals surface area (Å²) in [5.41, 5.74) is 2.65. The molecule has 0 amide bonds. The van der Waals surface area contributed by atoms with E-state index >= 15 is 0 Å². The van der Waals surface area contributed by atoms with Crippen LogP contribution in [0.4, 0.5) is 0 Å². The van der Waals surface area contributed by atoms with Gasteiger partial charge in [0.15, 0.2) is 0 Å². The van der Waals surface area contributed by atoms with Crippen molar-refractivity contribution in [2.24, 2.45) is 5.14 Å². The lowest BCUT2D eigenvalue weighted by Gasteiger charge is -2.01. The van der Waals surface area contributed by atoms with Crippen LogP contribution in [-0.2, 0) is 10.0 Å². The molecule has 2 N–H and O–H groups in total. The number of hydrogen-bond acceptors (Lipinski definition) is 2. The largest absolute Gasteiger partial charge is 0.231 e. The second-order valence-corrected chi connectivity index (χ2v) is 4.67. The first-order valence-electron chi connectivity index (χ1n) is 4.16. The Balaban J connectivity index is 3.07. The normalized spacial score (nSPS) is 12.9. The maximum Gasteiger partial charge on any atom is 0.231 e. The van der Waals surface area contributed by atoms with Crippen molar-refractivity contribution in [3.63, 3.8) is 0 Å². The van der Waals surface area contributed by atoms with Gasteiger partial charge < -0.3 is 0 Å². The lowest BCUT2D eigenvalue weighted by molar-refractivity contribution is 0.606. The smallest absolute Gasteiger partial charge is 0.225 e. The van der Waals surface area contributed by atoms with Crippen LogP contribution in [0.2, 0.25) is 0 Å². The summed E-state index contributed by atoms with van der Waals surface area (Å²) in [5, 5.41) is 5.97. The van der Waals surface area contributed by atoms with Crippen molar-refractivity contribution < 1.29 is 8.42 Å². The minimum atomic E-state index is -3.54. The fourth-order valence-corrected chi connectivity index (χ4v) is 1.76. The summed E-state index contributed by atoms with van der Waals surface area (Å²) < 4.78 is 21.6. The number of primary sulfonamides is 1. The topological polar surface area (TPSA) is 60.2 Å². The molecule has 0 aromatic heterocycles. The molecule has 0 saturated carbocycles. The first kappa shape index (κ1) is 10.9. The molecule has 0 aliphatic rings. The number of benzene rings is 1. The molecular formula is C10H13NO2S. The number of nitrogens with two attached hydrogens (primary N) is 1. The first-order chi connectivity index (χ1) is 6.38. The predicted molar refractivity (Wildman–Crippen MR) is 57.9 cm³/mol. The molecule has 0 heterocycles. The molecule has 76 valence electrons. The molecule has 1 aromatic carbocycles. The fraction of sp³-hybridized carbons (Fsp3) is 0.200. The molecule has 0 aliphatic heterocycles. The van der Waals surface area contributed by atoms with Crippen molar-refractivity contribution in [1.29, 1.82) is 0 Å². The third kappa shape index (κ3) is 3.32. The first-order valence-corrected chi connectivity index (χ1v) is 5.77. The van der Waals surface area contributed by atoms with Crippen LogP contribution in [-0.4, -0.2) is 8.42 Å². The minimum Gasteiger partial charge on any atom is -0.225 e. The van der Waals surface area contributed by atoms with Gasteiger partial charge in [-0.2, -0.15) is 0 Å². The highest BCUT2D eigenvalue weighted by molar-refractivity contribution is 7.92. The molecule has 1 aromatic rings. The third-order valence-electron chi connectivity index (χ3n) is 1.85. The van der Waals surface area contributed by atoms with Crippen molar-refractivity contribution in [2.75, 3.05) is 0 Å². The van der Waals surface area contributed by atoms with E-state index in [0.29, 0.717) is 5.57 Å². The van der Waals surface area contributed by atoms with Crippen LogP contribution < -0.4 is 5.14 Å². The van der Waals surface area contributed by atoms with Crippen molar-refractivity contribution in [3.8, 4) is 0 Å². The SMILES string of the molecule is CC(=CS(N)(=O)=O)c1ccc(C)cc1. The van der Waals surface area contributed by atoms with Gasteiger partial charge in [-0.25, -0.2) is 13.6 Å². The van der Waals surface area contributed by atoms with E-state index < -0.39 is 10.0 Å². The molecule has 0 bridgehead atoms. The van der Waals surface area contributed by atoms with E-state index in [1.165, 1.54) is 0 Å². The molecule has 0 aliphatic carbocycles. The Morgan fingerprint density at radius 2 is 1.79 bits per heavy atom. The Labute approximate surface area is 84.3 Å². The van der Waals surface area contributed by atoms with Crippen molar-refractivity contribution in [2.45, 2.75) is 13.8 Å². The summed E-state index contributed by atoms with van der Waals surface area (Å²) in [4.78, 5) is 0. The lowest BCUT2D eigenvalue weighted by Crippen LogP contribution is -2.07. The van der Waals surface area contributed by atoms with Crippen LogP contribution >= 0.6 is 0 Å². The summed E-state index contributed by atoms with van der Waals surface area (Å²) in [6, 6.07) is 7.59. The summed E-state index contributed by atoms with van der Waals surface area (Å²) in [5.74, 6) is 0. The van der Waals surface area contributed by atoms with Gasteiger partial charge in [0, 0.05) is 5.41 Å². The van der Waals surface area contributed by atoms with Gasteiger partial charge in [0.05, 0.1) is 0 Å². The number of sulfonamides is 1. The highest BCUT2D eigenvalue weighted by Crippen LogP contribution is 2.14. The lowest BCUT2D eigenvalue weighted by atomic mass is 10.1. The average molecular weight is 211 g/mol. The molecule has 0 saturated heterocycles. The summed E-state index contributed by atoms with van der Waals surface area (Å²) in [6.07, 6.45) is 0. The highest BCUT2D eigenvalue weighted by Gasteiger charge is 2.00. The van der Waals surface area contributed by atoms with Gasteiger partial charge in [-0.3, -0.25) is 0 Å². The van der Waals surface area contributed by atoms with Crippen LogP contribution in [0.5, 0.6) is 0 Å². The quantitative estimate of drug-likeness (QED) is 0.808. The number of rotatable bonds is 2. The molecule has 0 unspecified atom stereocenters. The molecule has 4 heteroatoms. The molecule has 14 heavy (non-hydrogen) atoms. The Hall–Kier alpha value is -1.13. The van der Waals surface area contributed by atoms with Crippen molar-refractivity contribution >= 4 is 15.6 Å². The maximum atomic E-state index is 10.8. The third-order valence-corrected chi connectivity index (χ3v) is 2.53. The number of hydrogen-bond donors (Lipinski definition) is 1. The van der Waals surface area contributed by atoms with Gasteiger partial charge in [0.25, 0.3) is 0 Å².